The Morgan fingerprint density at radius 2 is 2.08 bits per heavy atom. The summed E-state index contributed by atoms with van der Waals surface area (Å²) in [6, 6.07) is 4.78. The molecule has 0 aromatic heterocycles. The molecule has 0 spiro atoms. The molecule has 6 heteroatoms. The molecule has 0 aliphatic heterocycles. The molecule has 0 saturated carbocycles. The fourth-order valence-corrected chi connectivity index (χ4v) is 3.42. The Hall–Kier alpha value is -1.37. The average Bonchev–Trinajstić information content (AvgIpc) is 2.65. The van der Waals surface area contributed by atoms with Gasteiger partial charge in [0.05, 0.1) is 12.1 Å². The summed E-state index contributed by atoms with van der Waals surface area (Å²) < 4.78 is 13.2. The van der Waals surface area contributed by atoms with E-state index >= 15 is 0 Å². The number of carbonyl (C=O) groups excluding carboxylic acids is 1. The second kappa shape index (κ2) is 12.1. The van der Waals surface area contributed by atoms with Gasteiger partial charge in [-0.1, -0.05) is 44.9 Å². The van der Waals surface area contributed by atoms with Gasteiger partial charge in [-0.15, -0.1) is 0 Å². The Bertz CT molecular complexity index is 591. The van der Waals surface area contributed by atoms with Gasteiger partial charge in [-0.25, -0.2) is 5.48 Å². The van der Waals surface area contributed by atoms with E-state index in [2.05, 4.69) is 25.3 Å². The number of carbonyl (C=O) groups is 1. The lowest BCUT2D eigenvalue weighted by Gasteiger charge is -2.19. The number of nitrogens with zero attached hydrogens (tertiary/aromatic N) is 1. The lowest BCUT2D eigenvalue weighted by molar-refractivity contribution is 0.0706. The molecule has 0 saturated heterocycles. The summed E-state index contributed by atoms with van der Waals surface area (Å²) in [4.78, 5) is 14.0. The summed E-state index contributed by atoms with van der Waals surface area (Å²) in [6.45, 7) is 10.2. The van der Waals surface area contributed by atoms with Crippen LogP contribution in [0.25, 0.3) is 0 Å². The first-order valence-electron chi connectivity index (χ1n) is 9.16. The van der Waals surface area contributed by atoms with E-state index in [9.17, 15) is 8.68 Å². The predicted molar refractivity (Wildman–Crippen MR) is 106 cm³/mol. The maximum atomic E-state index is 13.2. The van der Waals surface area contributed by atoms with Crippen molar-refractivity contribution in [1.82, 2.24) is 10.4 Å². The van der Waals surface area contributed by atoms with E-state index in [0.29, 0.717) is 11.4 Å². The summed E-state index contributed by atoms with van der Waals surface area (Å²) in [6.07, 6.45) is 5.54. The molecule has 2 N–H and O–H groups in total. The third-order valence-corrected chi connectivity index (χ3v) is 5.30. The summed E-state index contributed by atoms with van der Waals surface area (Å²) >= 11 is 0.118. The number of rotatable bonds is 12. The molecule has 1 amide bonds. The lowest BCUT2D eigenvalue weighted by Crippen LogP contribution is -2.21. The average molecular weight is 383 g/mol. The molecule has 146 valence electrons. The summed E-state index contributed by atoms with van der Waals surface area (Å²) in [5.41, 5.74) is 3.93. The third-order valence-electron chi connectivity index (χ3n) is 4.76. The lowest BCUT2D eigenvalue weighted by atomic mass is 9.93. The van der Waals surface area contributed by atoms with Gasteiger partial charge in [-0.2, -0.15) is 3.89 Å². The molecule has 0 bridgehead atoms. The van der Waals surface area contributed by atoms with Gasteiger partial charge >= 0.3 is 0 Å². The van der Waals surface area contributed by atoms with Gasteiger partial charge in [0.25, 0.3) is 5.91 Å². The number of halogens is 1. The van der Waals surface area contributed by atoms with Crippen LogP contribution in [-0.4, -0.2) is 29.6 Å². The molecule has 0 unspecified atom stereocenters. The normalized spacial score (nSPS) is 11.2. The zero-order valence-electron chi connectivity index (χ0n) is 16.1. The Morgan fingerprint density at radius 1 is 1.38 bits per heavy atom. The van der Waals surface area contributed by atoms with Gasteiger partial charge in [-0.3, -0.25) is 10.0 Å². The second-order valence-electron chi connectivity index (χ2n) is 6.82. The van der Waals surface area contributed by atoms with Gasteiger partial charge in [0.2, 0.25) is 0 Å². The van der Waals surface area contributed by atoms with E-state index in [4.69, 9.17) is 5.21 Å². The van der Waals surface area contributed by atoms with Crippen LogP contribution in [0.2, 0.25) is 0 Å². The number of hydrogen-bond acceptors (Lipinski definition) is 4. The van der Waals surface area contributed by atoms with Crippen LogP contribution in [0, 0.1) is 5.92 Å². The van der Waals surface area contributed by atoms with E-state index in [1.807, 2.05) is 7.05 Å². The van der Waals surface area contributed by atoms with E-state index < -0.39 is 5.91 Å². The Labute approximate surface area is 161 Å². The zero-order valence-corrected chi connectivity index (χ0v) is 16.9. The molecule has 4 nitrogen and oxygen atoms in total. The van der Waals surface area contributed by atoms with E-state index in [0.717, 1.165) is 37.3 Å². The standard InChI is InChI=1S/C20H31FN2O2S/c1-5-16(6-2)12-15(3)8-7-11-23(4)14-18-10-9-17(20(24)22-25)13-19(18)26-21/h9-10,13,16,25H,3,5-8,11-12,14H2,1-2,4H3,(H,22,24). The number of nitrogens with one attached hydrogen (secondary N) is 1. The third kappa shape index (κ3) is 7.48. The molecule has 1 aromatic carbocycles. The van der Waals surface area contributed by atoms with Crippen LogP contribution in [0.3, 0.4) is 0 Å². The van der Waals surface area contributed by atoms with Gasteiger partial charge in [0.15, 0.2) is 0 Å². The van der Waals surface area contributed by atoms with Crippen LogP contribution in [0.1, 0.15) is 61.9 Å². The van der Waals surface area contributed by atoms with Gasteiger partial charge < -0.3 is 4.90 Å². The quantitative estimate of drug-likeness (QED) is 0.290. The van der Waals surface area contributed by atoms with Crippen LogP contribution >= 0.6 is 12.1 Å². The number of allylic oxidation sites excluding steroid dienone is 1. The van der Waals surface area contributed by atoms with Crippen molar-refractivity contribution in [2.24, 2.45) is 5.92 Å². The largest absolute Gasteiger partial charge is 0.302 e. The van der Waals surface area contributed by atoms with Crippen molar-refractivity contribution in [3.05, 3.63) is 41.5 Å². The second-order valence-corrected chi connectivity index (χ2v) is 7.41. The molecule has 0 aliphatic rings. The monoisotopic (exact) mass is 382 g/mol. The number of amides is 1. The zero-order chi connectivity index (χ0) is 19.5. The summed E-state index contributed by atoms with van der Waals surface area (Å²) in [7, 11) is 2.00. The highest BCUT2D eigenvalue weighted by molar-refractivity contribution is 7.94. The minimum atomic E-state index is -0.642. The van der Waals surface area contributed by atoms with Crippen molar-refractivity contribution in [3.8, 4) is 0 Å². The van der Waals surface area contributed by atoms with Crippen molar-refractivity contribution in [1.29, 1.82) is 0 Å². The molecular weight excluding hydrogens is 351 g/mol. The minimum Gasteiger partial charge on any atom is -0.302 e. The van der Waals surface area contributed by atoms with Gasteiger partial charge in [0.1, 0.15) is 0 Å². The predicted octanol–water partition coefficient (Wildman–Crippen LogP) is 5.38. The highest BCUT2D eigenvalue weighted by Gasteiger charge is 2.12. The first kappa shape index (κ1) is 22.7. The summed E-state index contributed by atoms with van der Waals surface area (Å²) in [5, 5.41) is 8.68. The van der Waals surface area contributed by atoms with Crippen molar-refractivity contribution in [2.45, 2.75) is 57.4 Å². The molecule has 26 heavy (non-hydrogen) atoms. The highest BCUT2D eigenvalue weighted by Crippen LogP contribution is 2.26. The van der Waals surface area contributed by atoms with Crippen LogP contribution in [0.4, 0.5) is 3.89 Å². The van der Waals surface area contributed by atoms with Crippen LogP contribution < -0.4 is 5.48 Å². The van der Waals surface area contributed by atoms with Crippen molar-refractivity contribution in [3.63, 3.8) is 0 Å². The van der Waals surface area contributed by atoms with Crippen molar-refractivity contribution >= 4 is 18.1 Å². The van der Waals surface area contributed by atoms with E-state index in [1.165, 1.54) is 24.5 Å². The SMILES string of the molecule is C=C(CCCN(C)Cc1ccc(C(=O)NO)cc1SF)CC(CC)CC. The fraction of sp³-hybridized carbons (Fsp3) is 0.550. The topological polar surface area (TPSA) is 52.6 Å². The Balaban J connectivity index is 2.51. The smallest absolute Gasteiger partial charge is 0.274 e. The minimum absolute atomic E-state index is 0.118. The summed E-state index contributed by atoms with van der Waals surface area (Å²) in [5.74, 6) is 0.0928. The molecule has 0 fully saturated rings. The molecular formula is C20H31FN2O2S. The molecule has 0 heterocycles. The van der Waals surface area contributed by atoms with Crippen LogP contribution in [0.5, 0.6) is 0 Å². The molecule has 0 aliphatic carbocycles. The van der Waals surface area contributed by atoms with Gasteiger partial charge in [-0.05, 0) is 56.5 Å². The van der Waals surface area contributed by atoms with E-state index in [1.54, 1.807) is 17.6 Å². The number of benzene rings is 1. The van der Waals surface area contributed by atoms with Crippen molar-refractivity contribution < 1.29 is 13.9 Å². The Morgan fingerprint density at radius 3 is 2.65 bits per heavy atom. The highest BCUT2D eigenvalue weighted by atomic mass is 32.2. The maximum absolute atomic E-state index is 13.2. The first-order valence-corrected chi connectivity index (χ1v) is 9.87. The number of hydrogen-bond donors (Lipinski definition) is 2. The first-order chi connectivity index (χ1) is 12.4. The van der Waals surface area contributed by atoms with Crippen molar-refractivity contribution in [2.75, 3.05) is 13.6 Å². The number of hydroxylamine groups is 1. The Kier molecular flexibility index (Phi) is 10.5. The van der Waals surface area contributed by atoms with Gasteiger partial charge in [0, 0.05) is 17.0 Å². The van der Waals surface area contributed by atoms with E-state index in [-0.39, 0.29) is 17.7 Å². The van der Waals surface area contributed by atoms with Crippen LogP contribution in [0.15, 0.2) is 35.2 Å². The fourth-order valence-electron chi connectivity index (χ4n) is 3.02. The van der Waals surface area contributed by atoms with Crippen LogP contribution in [-0.2, 0) is 6.54 Å². The molecule has 1 rings (SSSR count). The maximum Gasteiger partial charge on any atom is 0.274 e. The molecule has 0 atom stereocenters. The molecule has 0 radical (unpaired) electrons. The molecule has 1 aromatic rings.